The van der Waals surface area contributed by atoms with Gasteiger partial charge in [-0.25, -0.2) is 0 Å². The zero-order chi connectivity index (χ0) is 12.0. The molecule has 0 saturated heterocycles. The number of rotatable bonds is 5. The molecular weight excluding hydrogens is 219 g/mol. The van der Waals surface area contributed by atoms with E-state index in [1.807, 2.05) is 37.3 Å². The number of hydrogen-bond donors (Lipinski definition) is 1. The van der Waals surface area contributed by atoms with E-state index in [9.17, 15) is 13.2 Å². The first-order valence-corrected chi connectivity index (χ1v) is 4.98. The maximum Gasteiger partial charge on any atom is 0.522 e. The quantitative estimate of drug-likeness (QED) is 0.789. The Bertz CT molecular complexity index is 300. The molecule has 1 rings (SSSR count). The second kappa shape index (κ2) is 5.86. The van der Waals surface area contributed by atoms with E-state index in [1.165, 1.54) is 0 Å². The molecule has 1 aromatic carbocycles. The van der Waals surface area contributed by atoms with E-state index in [2.05, 4.69) is 10.1 Å². The van der Waals surface area contributed by atoms with Crippen LogP contribution in [-0.4, -0.2) is 19.5 Å². The minimum Gasteiger partial charge on any atom is -0.308 e. The Morgan fingerprint density at radius 2 is 1.88 bits per heavy atom. The van der Waals surface area contributed by atoms with Crippen molar-refractivity contribution in [3.05, 3.63) is 35.9 Å². The summed E-state index contributed by atoms with van der Waals surface area (Å²) in [5.74, 6) is 0. The minimum atomic E-state index is -4.54. The highest BCUT2D eigenvalue weighted by atomic mass is 19.4. The van der Waals surface area contributed by atoms with E-state index in [0.29, 0.717) is 0 Å². The van der Waals surface area contributed by atoms with Crippen LogP contribution in [0, 0.1) is 0 Å². The third-order valence-electron chi connectivity index (χ3n) is 2.12. The fourth-order valence-corrected chi connectivity index (χ4v) is 1.30. The van der Waals surface area contributed by atoms with Gasteiger partial charge >= 0.3 is 6.36 Å². The lowest BCUT2D eigenvalue weighted by atomic mass is 10.1. The Morgan fingerprint density at radius 3 is 2.44 bits per heavy atom. The molecule has 90 valence electrons. The highest BCUT2D eigenvalue weighted by Gasteiger charge is 2.28. The number of halogens is 3. The van der Waals surface area contributed by atoms with E-state index in [1.54, 1.807) is 0 Å². The topological polar surface area (TPSA) is 21.3 Å². The fourth-order valence-electron chi connectivity index (χ4n) is 1.30. The molecule has 0 spiro atoms. The third-order valence-corrected chi connectivity index (χ3v) is 2.12. The summed E-state index contributed by atoms with van der Waals surface area (Å²) in [7, 11) is 0. The highest BCUT2D eigenvalue weighted by Crippen LogP contribution is 2.15. The zero-order valence-electron chi connectivity index (χ0n) is 8.92. The van der Waals surface area contributed by atoms with Crippen LogP contribution in [-0.2, 0) is 4.74 Å². The van der Waals surface area contributed by atoms with Crippen molar-refractivity contribution >= 4 is 0 Å². The van der Waals surface area contributed by atoms with Crippen LogP contribution in [0.5, 0.6) is 0 Å². The summed E-state index contributed by atoms with van der Waals surface area (Å²) in [5.41, 5.74) is 1.04. The number of benzene rings is 1. The maximum atomic E-state index is 11.7. The molecule has 0 fully saturated rings. The number of alkyl halides is 3. The molecule has 5 heteroatoms. The number of ether oxygens (including phenoxy) is 1. The summed E-state index contributed by atoms with van der Waals surface area (Å²) in [6.07, 6.45) is -4.54. The van der Waals surface area contributed by atoms with Gasteiger partial charge in [0.05, 0.1) is 6.61 Å². The predicted octanol–water partition coefficient (Wildman–Crippen LogP) is 2.87. The molecule has 1 unspecified atom stereocenters. The van der Waals surface area contributed by atoms with Gasteiger partial charge in [0, 0.05) is 12.6 Å². The fraction of sp³-hybridized carbons (Fsp3) is 0.455. The minimum absolute atomic E-state index is 0.0121. The van der Waals surface area contributed by atoms with Crippen molar-refractivity contribution in [3.8, 4) is 0 Å². The molecule has 1 N–H and O–H groups in total. The van der Waals surface area contributed by atoms with Gasteiger partial charge in [0.2, 0.25) is 0 Å². The first-order valence-electron chi connectivity index (χ1n) is 4.98. The molecule has 0 bridgehead atoms. The van der Waals surface area contributed by atoms with Crippen molar-refractivity contribution in [1.29, 1.82) is 0 Å². The molecular formula is C11H14F3NO. The van der Waals surface area contributed by atoms with Crippen molar-refractivity contribution < 1.29 is 17.9 Å². The summed E-state index contributed by atoms with van der Waals surface area (Å²) >= 11 is 0. The average Bonchev–Trinajstić information content (AvgIpc) is 2.24. The van der Waals surface area contributed by atoms with Gasteiger partial charge < -0.3 is 5.32 Å². The molecule has 0 aromatic heterocycles. The van der Waals surface area contributed by atoms with Crippen LogP contribution < -0.4 is 5.32 Å². The molecule has 0 aliphatic heterocycles. The van der Waals surface area contributed by atoms with E-state index in [0.717, 1.165) is 5.56 Å². The Morgan fingerprint density at radius 1 is 1.25 bits per heavy atom. The molecule has 1 aromatic rings. The van der Waals surface area contributed by atoms with Crippen molar-refractivity contribution in [3.63, 3.8) is 0 Å². The second-order valence-electron chi connectivity index (χ2n) is 3.38. The summed E-state index contributed by atoms with van der Waals surface area (Å²) in [4.78, 5) is 0. The van der Waals surface area contributed by atoms with Gasteiger partial charge in [-0.3, -0.25) is 4.74 Å². The predicted molar refractivity (Wildman–Crippen MR) is 54.9 cm³/mol. The lowest BCUT2D eigenvalue weighted by Crippen LogP contribution is -2.26. The van der Waals surface area contributed by atoms with E-state index in [4.69, 9.17) is 0 Å². The monoisotopic (exact) mass is 233 g/mol. The van der Waals surface area contributed by atoms with Crippen LogP contribution >= 0.6 is 0 Å². The van der Waals surface area contributed by atoms with Crippen molar-refractivity contribution in [2.45, 2.75) is 19.3 Å². The van der Waals surface area contributed by atoms with Crippen LogP contribution in [0.25, 0.3) is 0 Å². The summed E-state index contributed by atoms with van der Waals surface area (Å²) < 4.78 is 38.6. The second-order valence-corrected chi connectivity index (χ2v) is 3.38. The van der Waals surface area contributed by atoms with Crippen LogP contribution in [0.15, 0.2) is 30.3 Å². The molecule has 2 nitrogen and oxygen atoms in total. The van der Waals surface area contributed by atoms with Crippen LogP contribution in [0.2, 0.25) is 0 Å². The van der Waals surface area contributed by atoms with Crippen molar-refractivity contribution in [1.82, 2.24) is 5.32 Å². The molecule has 0 radical (unpaired) electrons. The van der Waals surface area contributed by atoms with Crippen LogP contribution in [0.3, 0.4) is 0 Å². The van der Waals surface area contributed by atoms with Crippen molar-refractivity contribution in [2.24, 2.45) is 0 Å². The van der Waals surface area contributed by atoms with E-state index in [-0.39, 0.29) is 19.2 Å². The van der Waals surface area contributed by atoms with Crippen LogP contribution in [0.4, 0.5) is 13.2 Å². The molecule has 0 heterocycles. The molecule has 1 atom stereocenters. The van der Waals surface area contributed by atoms with Gasteiger partial charge in [0.1, 0.15) is 0 Å². The standard InChI is InChI=1S/C11H14F3NO/c1-9(10-5-3-2-4-6-10)15-7-8-16-11(12,13)14/h2-6,9,15H,7-8H2,1H3. The molecule has 0 amide bonds. The summed E-state index contributed by atoms with van der Waals surface area (Å²) in [6.45, 7) is 1.68. The number of hydrogen-bond acceptors (Lipinski definition) is 2. The third kappa shape index (κ3) is 5.14. The first-order chi connectivity index (χ1) is 7.49. The Labute approximate surface area is 92.4 Å². The Kier molecular flexibility index (Phi) is 4.76. The van der Waals surface area contributed by atoms with Gasteiger partial charge in [-0.2, -0.15) is 0 Å². The van der Waals surface area contributed by atoms with Crippen molar-refractivity contribution in [2.75, 3.05) is 13.2 Å². The van der Waals surface area contributed by atoms with Gasteiger partial charge in [-0.15, -0.1) is 13.2 Å². The SMILES string of the molecule is CC(NCCOC(F)(F)F)c1ccccc1. The van der Waals surface area contributed by atoms with Gasteiger partial charge in [0.15, 0.2) is 0 Å². The van der Waals surface area contributed by atoms with Gasteiger partial charge in [-0.05, 0) is 12.5 Å². The smallest absolute Gasteiger partial charge is 0.308 e. The normalized spacial score (nSPS) is 13.8. The molecule has 0 aliphatic rings. The number of nitrogens with one attached hydrogen (secondary N) is 1. The van der Waals surface area contributed by atoms with E-state index >= 15 is 0 Å². The maximum absolute atomic E-state index is 11.7. The average molecular weight is 233 g/mol. The molecule has 16 heavy (non-hydrogen) atoms. The Hall–Kier alpha value is -1.07. The van der Waals surface area contributed by atoms with E-state index < -0.39 is 6.36 Å². The van der Waals surface area contributed by atoms with Gasteiger partial charge in [-0.1, -0.05) is 30.3 Å². The summed E-state index contributed by atoms with van der Waals surface area (Å²) in [6, 6.07) is 9.52. The highest BCUT2D eigenvalue weighted by molar-refractivity contribution is 5.17. The van der Waals surface area contributed by atoms with Crippen LogP contribution in [0.1, 0.15) is 18.5 Å². The lowest BCUT2D eigenvalue weighted by Gasteiger charge is -2.14. The molecule has 0 aliphatic carbocycles. The first kappa shape index (κ1) is 13.0. The molecule has 0 saturated carbocycles. The lowest BCUT2D eigenvalue weighted by molar-refractivity contribution is -0.323. The zero-order valence-corrected chi connectivity index (χ0v) is 8.92. The van der Waals surface area contributed by atoms with Gasteiger partial charge in [0.25, 0.3) is 0 Å². The Balaban J connectivity index is 2.24. The largest absolute Gasteiger partial charge is 0.522 e. The summed E-state index contributed by atoms with van der Waals surface area (Å²) in [5, 5.41) is 2.95.